The van der Waals surface area contributed by atoms with Crippen molar-refractivity contribution in [2.45, 2.75) is 40.2 Å². The first-order chi connectivity index (χ1) is 14.9. The number of amides is 1. The topological polar surface area (TPSA) is 72.8 Å². The zero-order valence-corrected chi connectivity index (χ0v) is 19.4. The Bertz CT molecular complexity index is 975. The zero-order valence-electron chi connectivity index (χ0n) is 19.4. The number of rotatable bonds is 8. The molecule has 0 unspecified atom stereocenters. The summed E-state index contributed by atoms with van der Waals surface area (Å²) < 4.78 is 12.3. The summed E-state index contributed by atoms with van der Waals surface area (Å²) in [5.41, 5.74) is 0.320. The number of benzene rings is 1. The van der Waals surface area contributed by atoms with Crippen LogP contribution in [0.3, 0.4) is 0 Å². The quantitative estimate of drug-likeness (QED) is 0.653. The summed E-state index contributed by atoms with van der Waals surface area (Å²) in [6.45, 7) is 10.8. The van der Waals surface area contributed by atoms with Gasteiger partial charge in [-0.2, -0.15) is 0 Å². The number of piperidine rings is 1. The molecule has 1 N–H and O–H groups in total. The normalized spacial score (nSPS) is 19.4. The number of methoxy groups -OCH3 is 2. The number of carbonyl (C=O) groups is 1. The van der Waals surface area contributed by atoms with Crippen LogP contribution in [0.2, 0.25) is 0 Å². The maximum atomic E-state index is 13.0. The minimum Gasteiger partial charge on any atom is -0.493 e. The standard InChI is InChI=1S/C24H35N3O4/c1-6-27-15-20(18-11-21(30-4)22(31-5)12-19(18)24(27)29)23(28)25-8-7-9-26-13-16(2)10-17(3)14-26/h11-12,15-17H,6-10,13-14H2,1-5H3,(H,25,28)/t16-,17+. The molecule has 1 aromatic carbocycles. The van der Waals surface area contributed by atoms with Gasteiger partial charge in [0.25, 0.3) is 11.5 Å². The number of pyridine rings is 1. The lowest BCUT2D eigenvalue weighted by Gasteiger charge is -2.34. The monoisotopic (exact) mass is 429 g/mol. The summed E-state index contributed by atoms with van der Waals surface area (Å²) in [5.74, 6) is 2.24. The fourth-order valence-electron chi connectivity index (χ4n) is 4.71. The van der Waals surface area contributed by atoms with Gasteiger partial charge in [-0.05, 0) is 50.3 Å². The molecule has 1 aromatic heterocycles. The van der Waals surface area contributed by atoms with E-state index < -0.39 is 0 Å². The largest absolute Gasteiger partial charge is 0.493 e. The van der Waals surface area contributed by atoms with Gasteiger partial charge in [-0.1, -0.05) is 13.8 Å². The van der Waals surface area contributed by atoms with Crippen molar-refractivity contribution in [3.8, 4) is 11.5 Å². The average molecular weight is 430 g/mol. The molecule has 7 heteroatoms. The van der Waals surface area contributed by atoms with Crippen molar-refractivity contribution in [2.75, 3.05) is 40.4 Å². The molecule has 0 saturated carbocycles. The van der Waals surface area contributed by atoms with Crippen LogP contribution in [-0.4, -0.2) is 55.8 Å². The molecular weight excluding hydrogens is 394 g/mol. The summed E-state index contributed by atoms with van der Waals surface area (Å²) >= 11 is 0. The Labute approximate surface area is 184 Å². The smallest absolute Gasteiger partial charge is 0.258 e. The van der Waals surface area contributed by atoms with Gasteiger partial charge in [0.1, 0.15) is 0 Å². The summed E-state index contributed by atoms with van der Waals surface area (Å²) in [4.78, 5) is 28.3. The van der Waals surface area contributed by atoms with E-state index in [1.54, 1.807) is 30.0 Å². The van der Waals surface area contributed by atoms with Gasteiger partial charge in [0.15, 0.2) is 11.5 Å². The summed E-state index contributed by atoms with van der Waals surface area (Å²) in [6, 6.07) is 3.36. The van der Waals surface area contributed by atoms with Crippen LogP contribution < -0.4 is 20.3 Å². The van der Waals surface area contributed by atoms with E-state index >= 15 is 0 Å². The molecule has 1 saturated heterocycles. The highest BCUT2D eigenvalue weighted by molar-refractivity contribution is 6.07. The van der Waals surface area contributed by atoms with Gasteiger partial charge >= 0.3 is 0 Å². The Hall–Kier alpha value is -2.54. The van der Waals surface area contributed by atoms with Crippen LogP contribution in [0.1, 0.15) is 44.0 Å². The van der Waals surface area contributed by atoms with E-state index in [1.165, 1.54) is 13.5 Å². The highest BCUT2D eigenvalue weighted by Crippen LogP contribution is 2.32. The number of aromatic nitrogens is 1. The minimum atomic E-state index is -0.181. The lowest BCUT2D eigenvalue weighted by Crippen LogP contribution is -2.40. The Balaban J connectivity index is 1.76. The van der Waals surface area contributed by atoms with Gasteiger partial charge in [-0.25, -0.2) is 0 Å². The SMILES string of the molecule is CCn1cc(C(=O)NCCCN2C[C@H](C)C[C@H](C)C2)c2cc(OC)c(OC)cc2c1=O. The average Bonchev–Trinajstić information content (AvgIpc) is 2.75. The number of nitrogens with zero attached hydrogens (tertiary/aromatic N) is 2. The minimum absolute atomic E-state index is 0.150. The number of fused-ring (bicyclic) bond motifs is 1. The third-order valence-electron chi connectivity index (χ3n) is 6.06. The van der Waals surface area contributed by atoms with Gasteiger partial charge in [-0.3, -0.25) is 9.59 Å². The first-order valence-corrected chi connectivity index (χ1v) is 11.2. The van der Waals surface area contributed by atoms with Crippen LogP contribution in [0.15, 0.2) is 23.1 Å². The zero-order chi connectivity index (χ0) is 22.5. The van der Waals surface area contributed by atoms with Gasteiger partial charge in [0, 0.05) is 37.8 Å². The van der Waals surface area contributed by atoms with E-state index in [2.05, 4.69) is 24.1 Å². The van der Waals surface area contributed by atoms with Crippen molar-refractivity contribution in [2.24, 2.45) is 11.8 Å². The van der Waals surface area contributed by atoms with Crippen molar-refractivity contribution in [1.29, 1.82) is 0 Å². The lowest BCUT2D eigenvalue weighted by molar-refractivity contribution is 0.0948. The molecule has 3 rings (SSSR count). The van der Waals surface area contributed by atoms with Crippen molar-refractivity contribution in [1.82, 2.24) is 14.8 Å². The van der Waals surface area contributed by atoms with Crippen molar-refractivity contribution < 1.29 is 14.3 Å². The van der Waals surface area contributed by atoms with E-state index in [0.29, 0.717) is 40.9 Å². The molecule has 1 fully saturated rings. The molecule has 7 nitrogen and oxygen atoms in total. The number of ether oxygens (including phenoxy) is 2. The van der Waals surface area contributed by atoms with Gasteiger partial charge in [0.2, 0.25) is 0 Å². The summed E-state index contributed by atoms with van der Waals surface area (Å²) in [6.07, 6.45) is 3.83. The number of likely N-dealkylation sites (tertiary alicyclic amines) is 1. The van der Waals surface area contributed by atoms with E-state index in [-0.39, 0.29) is 11.5 Å². The molecule has 2 heterocycles. The molecule has 0 radical (unpaired) electrons. The number of nitrogens with one attached hydrogen (secondary N) is 1. The maximum absolute atomic E-state index is 13.0. The molecule has 2 atom stereocenters. The highest BCUT2D eigenvalue weighted by atomic mass is 16.5. The lowest BCUT2D eigenvalue weighted by atomic mass is 9.92. The van der Waals surface area contributed by atoms with E-state index in [4.69, 9.17) is 9.47 Å². The first-order valence-electron chi connectivity index (χ1n) is 11.2. The van der Waals surface area contributed by atoms with Gasteiger partial charge in [0.05, 0.1) is 25.2 Å². The Morgan fingerprint density at radius 3 is 2.29 bits per heavy atom. The molecule has 0 spiro atoms. The number of aryl methyl sites for hydroxylation is 1. The molecular formula is C24H35N3O4. The predicted molar refractivity (Wildman–Crippen MR) is 123 cm³/mol. The summed E-state index contributed by atoms with van der Waals surface area (Å²) in [5, 5.41) is 4.06. The van der Waals surface area contributed by atoms with Crippen LogP contribution in [-0.2, 0) is 6.54 Å². The van der Waals surface area contributed by atoms with Crippen molar-refractivity contribution in [3.05, 3.63) is 34.2 Å². The third kappa shape index (κ3) is 5.21. The van der Waals surface area contributed by atoms with Crippen LogP contribution in [0, 0.1) is 11.8 Å². The number of hydrogen-bond donors (Lipinski definition) is 1. The van der Waals surface area contributed by atoms with Crippen LogP contribution >= 0.6 is 0 Å². The maximum Gasteiger partial charge on any atom is 0.258 e. The fourth-order valence-corrected chi connectivity index (χ4v) is 4.71. The molecule has 0 bridgehead atoms. The molecule has 2 aromatic rings. The first kappa shape index (κ1) is 23.1. The third-order valence-corrected chi connectivity index (χ3v) is 6.06. The molecule has 1 aliphatic rings. The molecule has 31 heavy (non-hydrogen) atoms. The molecule has 0 aliphatic carbocycles. The molecule has 170 valence electrons. The van der Waals surface area contributed by atoms with Gasteiger partial charge < -0.3 is 24.3 Å². The van der Waals surface area contributed by atoms with Crippen LogP contribution in [0.25, 0.3) is 10.8 Å². The van der Waals surface area contributed by atoms with E-state index in [9.17, 15) is 9.59 Å². The van der Waals surface area contributed by atoms with Crippen LogP contribution in [0.5, 0.6) is 11.5 Å². The van der Waals surface area contributed by atoms with Gasteiger partial charge in [-0.15, -0.1) is 0 Å². The Morgan fingerprint density at radius 1 is 1.10 bits per heavy atom. The van der Waals surface area contributed by atoms with E-state index in [1.807, 2.05) is 6.92 Å². The van der Waals surface area contributed by atoms with Crippen molar-refractivity contribution in [3.63, 3.8) is 0 Å². The molecule has 1 amide bonds. The second-order valence-corrected chi connectivity index (χ2v) is 8.70. The number of hydrogen-bond acceptors (Lipinski definition) is 5. The van der Waals surface area contributed by atoms with Crippen LogP contribution in [0.4, 0.5) is 0 Å². The van der Waals surface area contributed by atoms with E-state index in [0.717, 1.165) is 37.9 Å². The second-order valence-electron chi connectivity index (χ2n) is 8.70. The fraction of sp³-hybridized carbons (Fsp3) is 0.583. The van der Waals surface area contributed by atoms with Crippen molar-refractivity contribution >= 4 is 16.7 Å². The Morgan fingerprint density at radius 2 is 1.71 bits per heavy atom. The second kappa shape index (κ2) is 10.2. The molecule has 1 aliphatic heterocycles. The Kier molecular flexibility index (Phi) is 7.59. The number of carbonyl (C=O) groups excluding carboxylic acids is 1. The highest BCUT2D eigenvalue weighted by Gasteiger charge is 2.21. The predicted octanol–water partition coefficient (Wildman–Crippen LogP) is 3.14. The summed E-state index contributed by atoms with van der Waals surface area (Å²) in [7, 11) is 3.07.